The van der Waals surface area contributed by atoms with Gasteiger partial charge in [0.05, 0.1) is 0 Å². The molecule has 0 rings (SSSR count). The largest absolute Gasteiger partial charge is 0.462 e. The average molecular weight is 1000 g/mol. The Hall–Kier alpha value is -2.11. The van der Waals surface area contributed by atoms with E-state index in [9.17, 15) is 14.4 Å². The second-order valence-corrected chi connectivity index (χ2v) is 21.7. The number of hydrogen-bond acceptors (Lipinski definition) is 6. The summed E-state index contributed by atoms with van der Waals surface area (Å²) in [6, 6.07) is 0. The van der Waals surface area contributed by atoms with Crippen molar-refractivity contribution in [2.75, 3.05) is 13.2 Å². The van der Waals surface area contributed by atoms with Crippen molar-refractivity contribution in [1.29, 1.82) is 0 Å². The quantitative estimate of drug-likeness (QED) is 0.0261. The van der Waals surface area contributed by atoms with Crippen molar-refractivity contribution in [3.05, 3.63) is 24.3 Å². The van der Waals surface area contributed by atoms with Crippen LogP contribution in [0.25, 0.3) is 0 Å². The molecule has 0 aliphatic carbocycles. The van der Waals surface area contributed by atoms with E-state index in [1.165, 1.54) is 250 Å². The lowest BCUT2D eigenvalue weighted by Crippen LogP contribution is -2.30. The highest BCUT2D eigenvalue weighted by molar-refractivity contribution is 5.71. The molecule has 0 bridgehead atoms. The van der Waals surface area contributed by atoms with Crippen molar-refractivity contribution in [1.82, 2.24) is 0 Å². The van der Waals surface area contributed by atoms with Crippen LogP contribution in [-0.4, -0.2) is 37.2 Å². The molecule has 6 heteroatoms. The van der Waals surface area contributed by atoms with Crippen molar-refractivity contribution >= 4 is 17.9 Å². The summed E-state index contributed by atoms with van der Waals surface area (Å²) in [6.45, 7) is 6.69. The van der Waals surface area contributed by atoms with Gasteiger partial charge in [-0.3, -0.25) is 14.4 Å². The van der Waals surface area contributed by atoms with Gasteiger partial charge in [-0.1, -0.05) is 289 Å². The van der Waals surface area contributed by atoms with Crippen molar-refractivity contribution in [2.45, 2.75) is 361 Å². The normalized spacial score (nSPS) is 12.1. The van der Waals surface area contributed by atoms with E-state index >= 15 is 0 Å². The van der Waals surface area contributed by atoms with Crippen LogP contribution < -0.4 is 0 Å². The first-order valence-corrected chi connectivity index (χ1v) is 31.8. The maximum absolute atomic E-state index is 12.9. The summed E-state index contributed by atoms with van der Waals surface area (Å²) in [4.78, 5) is 38.3. The van der Waals surface area contributed by atoms with Crippen LogP contribution in [0.1, 0.15) is 355 Å². The smallest absolute Gasteiger partial charge is 0.306 e. The maximum atomic E-state index is 12.9. The molecule has 0 heterocycles. The van der Waals surface area contributed by atoms with Gasteiger partial charge < -0.3 is 14.2 Å². The Morgan fingerprint density at radius 1 is 0.268 bits per heavy atom. The Morgan fingerprint density at radius 3 is 0.704 bits per heavy atom. The summed E-state index contributed by atoms with van der Waals surface area (Å²) < 4.78 is 16.9. The van der Waals surface area contributed by atoms with Gasteiger partial charge in [0.1, 0.15) is 13.2 Å². The lowest BCUT2D eigenvalue weighted by molar-refractivity contribution is -0.167. The van der Waals surface area contributed by atoms with Gasteiger partial charge in [0.15, 0.2) is 6.10 Å². The Balaban J connectivity index is 4.30. The minimum Gasteiger partial charge on any atom is -0.462 e. The topological polar surface area (TPSA) is 78.9 Å². The SMILES string of the molecule is CCCCCCCC/C=C\CCCCCCCCCC(=O)O[C@H](COC(=O)CCCCCCC/C=C\CCCCCCCC)COC(=O)CCCCCCCCCCCCCCCCCCCCCCC. The van der Waals surface area contributed by atoms with Gasteiger partial charge in [0, 0.05) is 19.3 Å². The summed E-state index contributed by atoms with van der Waals surface area (Å²) in [5.41, 5.74) is 0. The van der Waals surface area contributed by atoms with E-state index in [1.54, 1.807) is 0 Å². The first-order chi connectivity index (χ1) is 35.0. The first kappa shape index (κ1) is 68.9. The van der Waals surface area contributed by atoms with Crippen LogP contribution in [0.5, 0.6) is 0 Å². The van der Waals surface area contributed by atoms with Crippen LogP contribution in [0.2, 0.25) is 0 Å². The highest BCUT2D eigenvalue weighted by Gasteiger charge is 2.19. The summed E-state index contributed by atoms with van der Waals surface area (Å²) >= 11 is 0. The molecule has 0 saturated heterocycles. The molecule has 0 unspecified atom stereocenters. The molecule has 0 aromatic rings. The maximum Gasteiger partial charge on any atom is 0.306 e. The zero-order valence-electron chi connectivity index (χ0n) is 48.0. The number of unbranched alkanes of at least 4 members (excludes halogenated alkanes) is 44. The van der Waals surface area contributed by atoms with E-state index in [4.69, 9.17) is 14.2 Å². The zero-order chi connectivity index (χ0) is 51.4. The van der Waals surface area contributed by atoms with Crippen LogP contribution in [-0.2, 0) is 28.6 Å². The monoisotopic (exact) mass is 999 g/mol. The van der Waals surface area contributed by atoms with Crippen LogP contribution in [0.15, 0.2) is 24.3 Å². The Kier molecular flexibility index (Phi) is 58.6. The lowest BCUT2D eigenvalue weighted by atomic mass is 10.0. The predicted octanol–water partition coefficient (Wildman–Crippen LogP) is 21.4. The molecule has 0 amide bonds. The fourth-order valence-electron chi connectivity index (χ4n) is 9.61. The van der Waals surface area contributed by atoms with E-state index in [1.807, 2.05) is 0 Å². The van der Waals surface area contributed by atoms with Crippen molar-refractivity contribution in [2.24, 2.45) is 0 Å². The number of esters is 3. The Bertz CT molecular complexity index is 1150. The third kappa shape index (κ3) is 58.7. The molecule has 0 aliphatic heterocycles. The van der Waals surface area contributed by atoms with Gasteiger partial charge >= 0.3 is 17.9 Å². The summed E-state index contributed by atoms with van der Waals surface area (Å²) in [5.74, 6) is -0.858. The summed E-state index contributed by atoms with van der Waals surface area (Å²) in [6.07, 6.45) is 71.8. The minimum absolute atomic E-state index is 0.0707. The van der Waals surface area contributed by atoms with Gasteiger partial charge in [-0.25, -0.2) is 0 Å². The van der Waals surface area contributed by atoms with Gasteiger partial charge in [0.25, 0.3) is 0 Å². The minimum atomic E-state index is -0.774. The molecule has 0 aliphatic rings. The first-order valence-electron chi connectivity index (χ1n) is 31.8. The fourth-order valence-corrected chi connectivity index (χ4v) is 9.61. The summed E-state index contributed by atoms with van der Waals surface area (Å²) in [7, 11) is 0. The van der Waals surface area contributed by atoms with E-state index in [0.29, 0.717) is 19.3 Å². The molecule has 0 radical (unpaired) electrons. The Labute approximate surface area is 443 Å². The highest BCUT2D eigenvalue weighted by Crippen LogP contribution is 2.17. The molecular formula is C65H122O6. The van der Waals surface area contributed by atoms with Crippen LogP contribution in [0, 0.1) is 0 Å². The third-order valence-corrected chi connectivity index (χ3v) is 14.4. The number of ether oxygens (including phenoxy) is 3. The lowest BCUT2D eigenvalue weighted by Gasteiger charge is -2.18. The summed E-state index contributed by atoms with van der Waals surface area (Å²) in [5, 5.41) is 0. The number of rotatable bonds is 59. The highest BCUT2D eigenvalue weighted by atomic mass is 16.6. The van der Waals surface area contributed by atoms with Gasteiger partial charge in [-0.05, 0) is 70.6 Å². The molecule has 0 saturated carbocycles. The number of carbonyl (C=O) groups excluding carboxylic acids is 3. The second kappa shape index (κ2) is 60.4. The number of hydrogen-bond donors (Lipinski definition) is 0. The molecule has 71 heavy (non-hydrogen) atoms. The van der Waals surface area contributed by atoms with Crippen LogP contribution in [0.4, 0.5) is 0 Å². The third-order valence-electron chi connectivity index (χ3n) is 14.4. The number of allylic oxidation sites excluding steroid dienone is 4. The van der Waals surface area contributed by atoms with Crippen molar-refractivity contribution < 1.29 is 28.6 Å². The molecule has 418 valence electrons. The van der Waals surface area contributed by atoms with Gasteiger partial charge in [-0.15, -0.1) is 0 Å². The standard InChI is InChI=1S/C65H122O6/c1-4-7-10-13-16-19-22-25-28-30-31-32-33-35-37-40-43-46-49-52-55-58-64(67)70-61-62(60-69-63(66)57-54-51-48-45-42-39-36-27-24-21-18-15-12-9-6-3)71-65(68)59-56-53-50-47-44-41-38-34-29-26-23-20-17-14-11-8-5-2/h26-27,29,36,62H,4-25,28,30-35,37-61H2,1-3H3/b29-26-,36-27-/t62-/m1/s1. The van der Waals surface area contributed by atoms with Gasteiger partial charge in [-0.2, -0.15) is 0 Å². The van der Waals surface area contributed by atoms with Crippen LogP contribution in [0.3, 0.4) is 0 Å². The van der Waals surface area contributed by atoms with E-state index in [0.717, 1.165) is 64.2 Å². The molecule has 0 spiro atoms. The molecule has 0 aromatic heterocycles. The Morgan fingerprint density at radius 2 is 0.465 bits per heavy atom. The van der Waals surface area contributed by atoms with Crippen LogP contribution >= 0.6 is 0 Å². The molecule has 6 nitrogen and oxygen atoms in total. The van der Waals surface area contributed by atoms with Crippen molar-refractivity contribution in [3.63, 3.8) is 0 Å². The van der Waals surface area contributed by atoms with E-state index < -0.39 is 6.10 Å². The van der Waals surface area contributed by atoms with Gasteiger partial charge in [0.2, 0.25) is 0 Å². The number of carbonyl (C=O) groups is 3. The van der Waals surface area contributed by atoms with Crippen molar-refractivity contribution in [3.8, 4) is 0 Å². The van der Waals surface area contributed by atoms with E-state index in [-0.39, 0.29) is 31.1 Å². The molecule has 0 aromatic carbocycles. The zero-order valence-corrected chi connectivity index (χ0v) is 48.0. The molecule has 0 N–H and O–H groups in total. The van der Waals surface area contributed by atoms with E-state index in [2.05, 4.69) is 45.1 Å². The molecular weight excluding hydrogens is 877 g/mol. The average Bonchev–Trinajstić information content (AvgIpc) is 3.37. The second-order valence-electron chi connectivity index (χ2n) is 21.7. The molecule has 0 fully saturated rings. The molecule has 1 atom stereocenters. The predicted molar refractivity (Wildman–Crippen MR) is 307 cm³/mol. The fraction of sp³-hybridized carbons (Fsp3) is 0.892.